The number of aromatic amines is 1. The Balaban J connectivity index is 1.77. The number of aromatic nitrogens is 1. The molecule has 9 heteroatoms. The van der Waals surface area contributed by atoms with Crippen molar-refractivity contribution in [2.45, 2.75) is 6.92 Å². The number of nitrogens with one attached hydrogen (secondary N) is 3. The molecule has 1 aromatic heterocycles. The van der Waals surface area contributed by atoms with Crippen LogP contribution in [0.3, 0.4) is 0 Å². The van der Waals surface area contributed by atoms with Crippen LogP contribution in [0.15, 0.2) is 30.5 Å². The molecule has 0 spiro atoms. The van der Waals surface area contributed by atoms with Crippen molar-refractivity contribution in [2.24, 2.45) is 0 Å². The Kier molecular flexibility index (Phi) is 6.62. The van der Waals surface area contributed by atoms with Crippen LogP contribution in [0.4, 0.5) is 5.69 Å². The Bertz CT molecular complexity index is 818. The van der Waals surface area contributed by atoms with E-state index in [9.17, 15) is 14.4 Å². The Morgan fingerprint density at radius 3 is 2.62 bits per heavy atom. The molecule has 0 aliphatic carbocycles. The molecule has 0 aliphatic heterocycles. The van der Waals surface area contributed by atoms with Crippen molar-refractivity contribution in [2.75, 3.05) is 25.6 Å². The first-order valence-corrected chi connectivity index (χ1v) is 7.99. The van der Waals surface area contributed by atoms with Crippen molar-refractivity contribution < 1.29 is 23.9 Å². The molecule has 0 bridgehead atoms. The summed E-state index contributed by atoms with van der Waals surface area (Å²) in [6.07, 6.45) is 1.42. The molecule has 138 valence electrons. The highest BCUT2D eigenvalue weighted by atomic mass is 35.5. The minimum Gasteiger partial charge on any atom is -0.495 e. The largest absolute Gasteiger partial charge is 0.495 e. The third-order valence-corrected chi connectivity index (χ3v) is 3.50. The molecule has 26 heavy (non-hydrogen) atoms. The highest BCUT2D eigenvalue weighted by Crippen LogP contribution is 2.24. The van der Waals surface area contributed by atoms with Crippen molar-refractivity contribution in [1.82, 2.24) is 10.3 Å². The molecule has 1 heterocycles. The Hall–Kier alpha value is -3.00. The molecular formula is C17H18ClN3O5. The molecule has 1 aromatic carbocycles. The average Bonchev–Trinajstić information content (AvgIpc) is 3.04. The summed E-state index contributed by atoms with van der Waals surface area (Å²) in [5.41, 5.74) is 1.58. The van der Waals surface area contributed by atoms with E-state index < -0.39 is 24.4 Å². The van der Waals surface area contributed by atoms with Crippen molar-refractivity contribution in [3.8, 4) is 5.75 Å². The molecule has 0 fully saturated rings. The average molecular weight is 380 g/mol. The van der Waals surface area contributed by atoms with E-state index in [0.29, 0.717) is 16.5 Å². The molecule has 2 aromatic rings. The smallest absolute Gasteiger partial charge is 0.355 e. The number of anilines is 1. The van der Waals surface area contributed by atoms with Crippen LogP contribution in [0.5, 0.6) is 5.75 Å². The molecule has 0 saturated heterocycles. The van der Waals surface area contributed by atoms with Gasteiger partial charge in [0.05, 0.1) is 24.4 Å². The molecule has 0 saturated carbocycles. The van der Waals surface area contributed by atoms with Gasteiger partial charge < -0.3 is 25.1 Å². The van der Waals surface area contributed by atoms with Gasteiger partial charge in [-0.1, -0.05) is 17.7 Å². The van der Waals surface area contributed by atoms with E-state index in [1.165, 1.54) is 19.4 Å². The first-order valence-electron chi connectivity index (χ1n) is 7.61. The van der Waals surface area contributed by atoms with Gasteiger partial charge in [0.2, 0.25) is 5.91 Å². The van der Waals surface area contributed by atoms with Gasteiger partial charge in [-0.05, 0) is 30.7 Å². The second-order valence-corrected chi connectivity index (χ2v) is 5.77. The number of carbonyl (C=O) groups excluding carboxylic acids is 3. The quantitative estimate of drug-likeness (QED) is 0.636. The molecule has 8 nitrogen and oxygen atoms in total. The maximum absolute atomic E-state index is 11.9. The third-order valence-electron chi connectivity index (χ3n) is 3.28. The standard InChI is InChI=1S/C17H18ClN3O5/c1-10-3-4-14(25-2)12(5-10)21-15(22)8-20-16(23)9-26-17(24)13-6-11(18)7-19-13/h3-7,19H,8-9H2,1-2H3,(H,20,23)(H,21,22). The summed E-state index contributed by atoms with van der Waals surface area (Å²) < 4.78 is 9.98. The second kappa shape index (κ2) is 8.91. The normalized spacial score (nSPS) is 10.1. The number of carbonyl (C=O) groups is 3. The van der Waals surface area contributed by atoms with E-state index in [1.54, 1.807) is 12.1 Å². The summed E-state index contributed by atoms with van der Waals surface area (Å²) in [5.74, 6) is -1.26. The lowest BCUT2D eigenvalue weighted by molar-refractivity contribution is -0.126. The lowest BCUT2D eigenvalue weighted by Crippen LogP contribution is -2.35. The van der Waals surface area contributed by atoms with Crippen LogP contribution >= 0.6 is 11.6 Å². The first kappa shape index (κ1) is 19.3. The Labute approximate surface area is 154 Å². The van der Waals surface area contributed by atoms with E-state index in [4.69, 9.17) is 21.1 Å². The van der Waals surface area contributed by atoms with Gasteiger partial charge in [0.25, 0.3) is 5.91 Å². The van der Waals surface area contributed by atoms with Crippen molar-refractivity contribution in [3.05, 3.63) is 46.7 Å². The van der Waals surface area contributed by atoms with E-state index in [1.807, 2.05) is 13.0 Å². The van der Waals surface area contributed by atoms with Crippen molar-refractivity contribution in [3.63, 3.8) is 0 Å². The van der Waals surface area contributed by atoms with Gasteiger partial charge >= 0.3 is 5.97 Å². The molecule has 2 amide bonds. The van der Waals surface area contributed by atoms with Crippen LogP contribution in [0.1, 0.15) is 16.1 Å². The molecule has 3 N–H and O–H groups in total. The predicted molar refractivity (Wildman–Crippen MR) is 95.5 cm³/mol. The SMILES string of the molecule is COc1ccc(C)cc1NC(=O)CNC(=O)COC(=O)c1cc(Cl)c[nH]1. The van der Waals surface area contributed by atoms with E-state index in [2.05, 4.69) is 15.6 Å². The van der Waals surface area contributed by atoms with E-state index >= 15 is 0 Å². The monoisotopic (exact) mass is 379 g/mol. The Morgan fingerprint density at radius 1 is 1.19 bits per heavy atom. The number of rotatable bonds is 7. The summed E-state index contributed by atoms with van der Waals surface area (Å²) in [5, 5.41) is 5.36. The van der Waals surface area contributed by atoms with Gasteiger partial charge in [0.1, 0.15) is 11.4 Å². The Morgan fingerprint density at radius 2 is 1.96 bits per heavy atom. The summed E-state index contributed by atoms with van der Waals surface area (Å²) in [7, 11) is 1.49. The number of hydrogen-bond donors (Lipinski definition) is 3. The molecule has 0 aliphatic rings. The fraction of sp³-hybridized carbons (Fsp3) is 0.235. The van der Waals surface area contributed by atoms with Gasteiger partial charge in [-0.3, -0.25) is 9.59 Å². The number of H-pyrrole nitrogens is 1. The van der Waals surface area contributed by atoms with Crippen LogP contribution in [-0.2, 0) is 14.3 Å². The van der Waals surface area contributed by atoms with Crippen LogP contribution < -0.4 is 15.4 Å². The van der Waals surface area contributed by atoms with Gasteiger partial charge in [-0.2, -0.15) is 0 Å². The van der Waals surface area contributed by atoms with Crippen LogP contribution in [0, 0.1) is 6.92 Å². The highest BCUT2D eigenvalue weighted by Gasteiger charge is 2.13. The zero-order valence-corrected chi connectivity index (χ0v) is 15.0. The minimum absolute atomic E-state index is 0.132. The lowest BCUT2D eigenvalue weighted by atomic mass is 10.2. The predicted octanol–water partition coefficient (Wildman–Crippen LogP) is 1.90. The molecule has 0 radical (unpaired) electrons. The summed E-state index contributed by atoms with van der Waals surface area (Å²) in [6, 6.07) is 6.71. The lowest BCUT2D eigenvalue weighted by Gasteiger charge is -2.11. The van der Waals surface area contributed by atoms with Gasteiger partial charge in [0.15, 0.2) is 6.61 Å². The van der Waals surface area contributed by atoms with Crippen LogP contribution in [-0.4, -0.2) is 43.0 Å². The number of halogens is 1. The van der Waals surface area contributed by atoms with E-state index in [0.717, 1.165) is 5.56 Å². The van der Waals surface area contributed by atoms with Gasteiger partial charge in [-0.15, -0.1) is 0 Å². The number of esters is 1. The number of aryl methyl sites for hydroxylation is 1. The number of benzene rings is 1. The summed E-state index contributed by atoms with van der Waals surface area (Å²) >= 11 is 5.68. The fourth-order valence-electron chi connectivity index (χ4n) is 2.04. The first-order chi connectivity index (χ1) is 12.4. The molecule has 0 unspecified atom stereocenters. The topological polar surface area (TPSA) is 110 Å². The maximum atomic E-state index is 11.9. The number of amides is 2. The minimum atomic E-state index is -0.721. The zero-order valence-electron chi connectivity index (χ0n) is 14.2. The second-order valence-electron chi connectivity index (χ2n) is 5.34. The zero-order chi connectivity index (χ0) is 19.1. The van der Waals surface area contributed by atoms with Crippen molar-refractivity contribution >= 4 is 35.1 Å². The van der Waals surface area contributed by atoms with Crippen molar-refractivity contribution in [1.29, 1.82) is 0 Å². The third kappa shape index (κ3) is 5.52. The summed E-state index contributed by atoms with van der Waals surface area (Å²) in [4.78, 5) is 37.9. The molecule has 0 atom stereocenters. The van der Waals surface area contributed by atoms with Crippen LogP contribution in [0.25, 0.3) is 0 Å². The van der Waals surface area contributed by atoms with Gasteiger partial charge in [0, 0.05) is 6.20 Å². The summed E-state index contributed by atoms with van der Waals surface area (Å²) in [6.45, 7) is 1.08. The molecular weight excluding hydrogens is 362 g/mol. The fourth-order valence-corrected chi connectivity index (χ4v) is 2.20. The van der Waals surface area contributed by atoms with Crippen LogP contribution in [0.2, 0.25) is 5.02 Å². The van der Waals surface area contributed by atoms with E-state index in [-0.39, 0.29) is 12.2 Å². The number of hydrogen-bond acceptors (Lipinski definition) is 5. The maximum Gasteiger partial charge on any atom is 0.355 e. The highest BCUT2D eigenvalue weighted by molar-refractivity contribution is 6.30. The number of methoxy groups -OCH3 is 1. The molecule has 2 rings (SSSR count). The number of ether oxygens (including phenoxy) is 2. The van der Waals surface area contributed by atoms with Gasteiger partial charge in [-0.25, -0.2) is 4.79 Å².